The van der Waals surface area contributed by atoms with E-state index in [1.807, 2.05) is 26.0 Å². The molecular formula is C13H20N2O2. The highest BCUT2D eigenvalue weighted by atomic mass is 16.5. The number of carbonyl (C=O) groups excluding carboxylic acids is 1. The van der Waals surface area contributed by atoms with Gasteiger partial charge < -0.3 is 9.64 Å². The molecule has 0 amide bonds. The first-order valence-electron chi connectivity index (χ1n) is 5.95. The normalized spacial score (nSPS) is 14.7. The number of hydrogen-bond donors (Lipinski definition) is 0. The van der Waals surface area contributed by atoms with Gasteiger partial charge in [0.2, 0.25) is 0 Å². The quantitative estimate of drug-likeness (QED) is 0.754. The Morgan fingerprint density at radius 3 is 2.47 bits per heavy atom. The van der Waals surface area contributed by atoms with Gasteiger partial charge in [-0.15, -0.1) is 0 Å². The molecule has 0 aliphatic carbocycles. The zero-order valence-electron chi connectivity index (χ0n) is 10.9. The molecule has 4 nitrogen and oxygen atoms in total. The molecule has 1 aromatic rings. The van der Waals surface area contributed by atoms with Crippen LogP contribution in [-0.4, -0.2) is 37.1 Å². The maximum atomic E-state index is 11.0. The van der Waals surface area contributed by atoms with E-state index in [4.69, 9.17) is 4.74 Å². The highest BCUT2D eigenvalue weighted by molar-refractivity contribution is 5.93. The topological polar surface area (TPSA) is 42.4 Å². The molecule has 0 unspecified atom stereocenters. The van der Waals surface area contributed by atoms with Crippen LogP contribution in [-0.2, 0) is 4.74 Å². The molecule has 1 fully saturated rings. The number of anilines is 1. The molecule has 1 aliphatic rings. The van der Waals surface area contributed by atoms with Crippen molar-refractivity contribution in [1.29, 1.82) is 0 Å². The van der Waals surface area contributed by atoms with Gasteiger partial charge in [0.25, 0.3) is 0 Å². The molecule has 0 N–H and O–H groups in total. The summed E-state index contributed by atoms with van der Waals surface area (Å²) in [6, 6.07) is 3.69. The summed E-state index contributed by atoms with van der Waals surface area (Å²) in [5.74, 6) is 0.959. The molecule has 94 valence electrons. The zero-order valence-corrected chi connectivity index (χ0v) is 10.9. The lowest BCUT2D eigenvalue weighted by Gasteiger charge is -2.38. The SMILES string of the molecule is CC.COC1CN(c2ccc(C(C)=O)cn2)C1. The van der Waals surface area contributed by atoms with Gasteiger partial charge >= 0.3 is 0 Å². The van der Waals surface area contributed by atoms with Crippen molar-refractivity contribution in [3.05, 3.63) is 23.9 Å². The molecule has 0 bridgehead atoms. The predicted molar refractivity (Wildman–Crippen MR) is 68.6 cm³/mol. The molecule has 0 aromatic carbocycles. The van der Waals surface area contributed by atoms with E-state index in [1.165, 1.54) is 0 Å². The van der Waals surface area contributed by atoms with E-state index in [0.717, 1.165) is 18.9 Å². The van der Waals surface area contributed by atoms with Crippen LogP contribution in [0.15, 0.2) is 18.3 Å². The summed E-state index contributed by atoms with van der Waals surface area (Å²) in [7, 11) is 1.72. The van der Waals surface area contributed by atoms with Gasteiger partial charge in [0, 0.05) is 32.0 Å². The first kappa shape index (κ1) is 13.6. The van der Waals surface area contributed by atoms with Gasteiger partial charge in [0.1, 0.15) is 5.82 Å². The van der Waals surface area contributed by atoms with E-state index in [0.29, 0.717) is 11.7 Å². The highest BCUT2D eigenvalue weighted by Crippen LogP contribution is 2.19. The third kappa shape index (κ3) is 3.27. The van der Waals surface area contributed by atoms with Crippen LogP contribution in [0.1, 0.15) is 31.1 Å². The smallest absolute Gasteiger partial charge is 0.161 e. The summed E-state index contributed by atoms with van der Waals surface area (Å²) in [6.45, 7) is 7.30. The van der Waals surface area contributed by atoms with E-state index in [1.54, 1.807) is 20.2 Å². The number of ether oxygens (including phenoxy) is 1. The Morgan fingerprint density at radius 1 is 1.41 bits per heavy atom. The Labute approximate surface area is 103 Å². The Kier molecular flexibility index (Phi) is 5.10. The third-order valence-corrected chi connectivity index (χ3v) is 2.66. The van der Waals surface area contributed by atoms with Gasteiger partial charge in [-0.25, -0.2) is 4.98 Å². The molecular weight excluding hydrogens is 216 g/mol. The average Bonchev–Trinajstić information content (AvgIpc) is 2.31. The van der Waals surface area contributed by atoms with Crippen LogP contribution < -0.4 is 4.90 Å². The molecule has 0 saturated carbocycles. The summed E-state index contributed by atoms with van der Waals surface area (Å²) in [4.78, 5) is 17.4. The lowest BCUT2D eigenvalue weighted by Crippen LogP contribution is -2.52. The van der Waals surface area contributed by atoms with E-state index in [2.05, 4.69) is 9.88 Å². The largest absolute Gasteiger partial charge is 0.378 e. The van der Waals surface area contributed by atoms with Crippen LogP contribution in [0.2, 0.25) is 0 Å². The maximum absolute atomic E-state index is 11.0. The second-order valence-corrected chi connectivity index (χ2v) is 3.72. The first-order chi connectivity index (χ1) is 8.20. The lowest BCUT2D eigenvalue weighted by atomic mass is 10.1. The van der Waals surface area contributed by atoms with Crippen molar-refractivity contribution in [2.75, 3.05) is 25.1 Å². The molecule has 0 atom stereocenters. The summed E-state index contributed by atoms with van der Waals surface area (Å²) < 4.78 is 5.18. The molecule has 2 heterocycles. The predicted octanol–water partition coefficient (Wildman–Crippen LogP) is 2.15. The molecule has 17 heavy (non-hydrogen) atoms. The summed E-state index contributed by atoms with van der Waals surface area (Å²) in [5, 5.41) is 0. The summed E-state index contributed by atoms with van der Waals surface area (Å²) in [6.07, 6.45) is 1.94. The number of aromatic nitrogens is 1. The molecule has 1 aromatic heterocycles. The standard InChI is InChI=1S/C11H14N2O2.C2H6/c1-8(14)9-3-4-11(12-5-9)13-6-10(7-13)15-2;1-2/h3-5,10H,6-7H2,1-2H3;1-2H3. The summed E-state index contributed by atoms with van der Waals surface area (Å²) >= 11 is 0. The highest BCUT2D eigenvalue weighted by Gasteiger charge is 2.27. The number of hydrogen-bond acceptors (Lipinski definition) is 4. The van der Waals surface area contributed by atoms with E-state index >= 15 is 0 Å². The van der Waals surface area contributed by atoms with Crippen LogP contribution in [0, 0.1) is 0 Å². The summed E-state index contributed by atoms with van der Waals surface area (Å²) in [5.41, 5.74) is 0.655. The minimum Gasteiger partial charge on any atom is -0.378 e. The number of Topliss-reactive ketones (excluding diaryl/α,β-unsaturated/α-hetero) is 1. The van der Waals surface area contributed by atoms with Crippen LogP contribution in [0.4, 0.5) is 5.82 Å². The fraction of sp³-hybridized carbons (Fsp3) is 0.538. The van der Waals surface area contributed by atoms with Crippen molar-refractivity contribution in [2.45, 2.75) is 26.9 Å². The monoisotopic (exact) mass is 236 g/mol. The Balaban J connectivity index is 0.000000686. The van der Waals surface area contributed by atoms with E-state index < -0.39 is 0 Å². The average molecular weight is 236 g/mol. The maximum Gasteiger partial charge on any atom is 0.161 e. The van der Waals surface area contributed by atoms with Crippen LogP contribution in [0.5, 0.6) is 0 Å². The van der Waals surface area contributed by atoms with Gasteiger partial charge in [-0.3, -0.25) is 4.79 Å². The van der Waals surface area contributed by atoms with Crippen molar-refractivity contribution >= 4 is 11.6 Å². The molecule has 1 saturated heterocycles. The lowest BCUT2D eigenvalue weighted by molar-refractivity contribution is 0.0783. The Morgan fingerprint density at radius 2 is 2.06 bits per heavy atom. The second kappa shape index (κ2) is 6.35. The number of nitrogens with zero attached hydrogens (tertiary/aromatic N) is 2. The minimum absolute atomic E-state index is 0.0485. The molecule has 0 radical (unpaired) electrons. The van der Waals surface area contributed by atoms with Crippen molar-refractivity contribution in [1.82, 2.24) is 4.98 Å². The number of methoxy groups -OCH3 is 1. The molecule has 1 aliphatic heterocycles. The fourth-order valence-electron chi connectivity index (χ4n) is 1.56. The van der Waals surface area contributed by atoms with Gasteiger partial charge in [0.05, 0.1) is 6.10 Å². The number of ketones is 1. The first-order valence-corrected chi connectivity index (χ1v) is 5.95. The van der Waals surface area contributed by atoms with Crippen LogP contribution in [0.3, 0.4) is 0 Å². The van der Waals surface area contributed by atoms with Crippen LogP contribution >= 0.6 is 0 Å². The second-order valence-electron chi connectivity index (χ2n) is 3.72. The minimum atomic E-state index is 0.0485. The Hall–Kier alpha value is -1.42. The molecule has 2 rings (SSSR count). The van der Waals surface area contributed by atoms with E-state index in [-0.39, 0.29) is 5.78 Å². The van der Waals surface area contributed by atoms with Crippen LogP contribution in [0.25, 0.3) is 0 Å². The Bertz CT molecular complexity index is 356. The van der Waals surface area contributed by atoms with Gasteiger partial charge in [0.15, 0.2) is 5.78 Å². The van der Waals surface area contributed by atoms with Gasteiger partial charge in [-0.05, 0) is 19.1 Å². The van der Waals surface area contributed by atoms with Crippen molar-refractivity contribution in [3.8, 4) is 0 Å². The number of carbonyl (C=O) groups is 1. The third-order valence-electron chi connectivity index (χ3n) is 2.66. The van der Waals surface area contributed by atoms with Crippen molar-refractivity contribution in [3.63, 3.8) is 0 Å². The number of rotatable bonds is 3. The van der Waals surface area contributed by atoms with Crippen molar-refractivity contribution < 1.29 is 9.53 Å². The van der Waals surface area contributed by atoms with E-state index in [9.17, 15) is 4.79 Å². The van der Waals surface area contributed by atoms with Gasteiger partial charge in [-0.1, -0.05) is 13.8 Å². The zero-order chi connectivity index (χ0) is 12.8. The molecule has 4 heteroatoms. The number of pyridine rings is 1. The molecule has 0 spiro atoms. The van der Waals surface area contributed by atoms with Gasteiger partial charge in [-0.2, -0.15) is 0 Å². The van der Waals surface area contributed by atoms with Crippen molar-refractivity contribution in [2.24, 2.45) is 0 Å². The fourth-order valence-corrected chi connectivity index (χ4v) is 1.56.